The van der Waals surface area contributed by atoms with E-state index in [1.807, 2.05) is 43.5 Å². The molecule has 0 spiro atoms. The third kappa shape index (κ3) is 4.98. The quantitative estimate of drug-likeness (QED) is 0.723. The number of piperazine rings is 1. The molecule has 2 heterocycles. The lowest BCUT2D eigenvalue weighted by molar-refractivity contribution is -0.152. The number of hydrogen-bond acceptors (Lipinski definition) is 5. The van der Waals surface area contributed by atoms with Crippen LogP contribution in [0.25, 0.3) is 0 Å². The van der Waals surface area contributed by atoms with Crippen molar-refractivity contribution in [2.24, 2.45) is 0 Å². The van der Waals surface area contributed by atoms with Crippen molar-refractivity contribution in [2.75, 3.05) is 32.8 Å². The van der Waals surface area contributed by atoms with Gasteiger partial charge in [-0.2, -0.15) is 0 Å². The molecule has 0 N–H and O–H groups in total. The largest absolute Gasteiger partial charge is 0.455 e. The number of nitrogens with zero attached hydrogens (tertiary/aromatic N) is 2. The molecule has 0 radical (unpaired) electrons. The summed E-state index contributed by atoms with van der Waals surface area (Å²) in [5, 5.41) is 1.87. The molecule has 2 aromatic rings. The van der Waals surface area contributed by atoms with Crippen molar-refractivity contribution in [3.05, 3.63) is 57.3 Å². The Labute approximate surface area is 168 Å². The van der Waals surface area contributed by atoms with Gasteiger partial charge in [0.1, 0.15) is 0 Å². The second-order valence-corrected chi connectivity index (χ2v) is 7.85. The third-order valence-electron chi connectivity index (χ3n) is 4.93. The summed E-state index contributed by atoms with van der Waals surface area (Å²) >= 11 is 1.42. The highest BCUT2D eigenvalue weighted by molar-refractivity contribution is 7.12. The molecule has 148 valence electrons. The highest BCUT2D eigenvalue weighted by atomic mass is 32.1. The lowest BCUT2D eigenvalue weighted by Crippen LogP contribution is -2.51. The van der Waals surface area contributed by atoms with Gasteiger partial charge in [-0.15, -0.1) is 11.3 Å². The fourth-order valence-corrected chi connectivity index (χ4v) is 3.77. The molecule has 1 fully saturated rings. The zero-order chi connectivity index (χ0) is 20.1. The van der Waals surface area contributed by atoms with Crippen LogP contribution in [-0.4, -0.2) is 60.4 Å². The van der Waals surface area contributed by atoms with E-state index < -0.39 is 5.97 Å². The first-order valence-electron chi connectivity index (χ1n) is 9.26. The fourth-order valence-electron chi connectivity index (χ4n) is 3.08. The molecule has 0 atom stereocenters. The van der Waals surface area contributed by atoms with Crippen LogP contribution in [-0.2, 0) is 20.7 Å². The summed E-state index contributed by atoms with van der Waals surface area (Å²) in [6.07, 6.45) is 0.150. The maximum absolute atomic E-state index is 12.3. The molecular formula is C21H24N2O4S. The topological polar surface area (TPSA) is 66.9 Å². The van der Waals surface area contributed by atoms with E-state index in [-0.39, 0.29) is 24.8 Å². The molecule has 1 saturated heterocycles. The van der Waals surface area contributed by atoms with E-state index in [4.69, 9.17) is 4.74 Å². The molecule has 1 aromatic carbocycles. The number of benzene rings is 1. The minimum atomic E-state index is -0.414. The van der Waals surface area contributed by atoms with E-state index in [9.17, 15) is 14.4 Å². The van der Waals surface area contributed by atoms with Crippen LogP contribution in [0.5, 0.6) is 0 Å². The van der Waals surface area contributed by atoms with E-state index in [2.05, 4.69) is 0 Å². The van der Waals surface area contributed by atoms with Gasteiger partial charge in [0, 0.05) is 26.2 Å². The van der Waals surface area contributed by atoms with Gasteiger partial charge >= 0.3 is 5.97 Å². The first-order valence-corrected chi connectivity index (χ1v) is 10.1. The zero-order valence-corrected chi connectivity index (χ0v) is 17.0. The number of amides is 2. The Kier molecular flexibility index (Phi) is 6.46. The van der Waals surface area contributed by atoms with Crippen molar-refractivity contribution >= 4 is 29.1 Å². The number of rotatable bonds is 5. The van der Waals surface area contributed by atoms with Crippen molar-refractivity contribution in [2.45, 2.75) is 20.3 Å². The van der Waals surface area contributed by atoms with Crippen LogP contribution in [0, 0.1) is 13.8 Å². The van der Waals surface area contributed by atoms with Gasteiger partial charge in [-0.3, -0.25) is 14.4 Å². The van der Waals surface area contributed by atoms with Gasteiger partial charge in [-0.05, 0) is 42.0 Å². The Balaban J connectivity index is 1.42. The smallest absolute Gasteiger partial charge is 0.310 e. The fraction of sp³-hybridized carbons (Fsp3) is 0.381. The summed E-state index contributed by atoms with van der Waals surface area (Å²) in [7, 11) is 0. The second kappa shape index (κ2) is 9.01. The van der Waals surface area contributed by atoms with E-state index in [0.29, 0.717) is 31.1 Å². The Morgan fingerprint density at radius 3 is 2.36 bits per heavy atom. The number of hydrogen-bond donors (Lipinski definition) is 0. The maximum Gasteiger partial charge on any atom is 0.310 e. The molecule has 0 bridgehead atoms. The van der Waals surface area contributed by atoms with E-state index >= 15 is 0 Å². The maximum atomic E-state index is 12.3. The molecule has 28 heavy (non-hydrogen) atoms. The zero-order valence-electron chi connectivity index (χ0n) is 16.1. The van der Waals surface area contributed by atoms with Gasteiger partial charge in [0.25, 0.3) is 11.8 Å². The van der Waals surface area contributed by atoms with Crippen molar-refractivity contribution in [3.8, 4) is 0 Å². The van der Waals surface area contributed by atoms with Crippen molar-refractivity contribution in [1.82, 2.24) is 9.80 Å². The lowest BCUT2D eigenvalue weighted by Gasteiger charge is -2.34. The number of ether oxygens (including phenoxy) is 1. The number of aryl methyl sites for hydroxylation is 2. The summed E-state index contributed by atoms with van der Waals surface area (Å²) < 4.78 is 5.16. The van der Waals surface area contributed by atoms with Crippen molar-refractivity contribution in [3.63, 3.8) is 0 Å². The summed E-state index contributed by atoms with van der Waals surface area (Å²) in [6.45, 7) is 5.62. The minimum Gasteiger partial charge on any atom is -0.455 e. The number of thiophene rings is 1. The van der Waals surface area contributed by atoms with Gasteiger partial charge in [-0.1, -0.05) is 24.3 Å². The SMILES string of the molecule is Cc1ccc(CC(=O)OCC(=O)N2CCN(C(=O)c3cccs3)CC2)cc1C. The molecular weight excluding hydrogens is 376 g/mol. The van der Waals surface area contributed by atoms with Crippen molar-refractivity contribution < 1.29 is 19.1 Å². The molecule has 6 nitrogen and oxygen atoms in total. The second-order valence-electron chi connectivity index (χ2n) is 6.91. The Morgan fingerprint density at radius 2 is 1.71 bits per heavy atom. The Morgan fingerprint density at radius 1 is 1.00 bits per heavy atom. The first kappa shape index (κ1) is 20.1. The van der Waals surface area contributed by atoms with E-state index in [1.54, 1.807) is 15.9 Å². The molecule has 2 amide bonds. The summed E-state index contributed by atoms with van der Waals surface area (Å²) in [4.78, 5) is 40.8. The van der Waals surface area contributed by atoms with Crippen LogP contribution >= 0.6 is 11.3 Å². The molecule has 0 unspecified atom stereocenters. The Hall–Kier alpha value is -2.67. The normalized spacial score (nSPS) is 14.1. The van der Waals surface area contributed by atoms with Crippen LogP contribution in [0.4, 0.5) is 0 Å². The standard InChI is InChI=1S/C21H24N2O4S/c1-15-5-6-17(12-16(15)2)13-20(25)27-14-19(24)22-7-9-23(10-8-22)21(26)18-4-3-11-28-18/h3-6,11-12H,7-10,13-14H2,1-2H3. The lowest BCUT2D eigenvalue weighted by atomic mass is 10.0. The highest BCUT2D eigenvalue weighted by Crippen LogP contribution is 2.14. The molecule has 7 heteroatoms. The minimum absolute atomic E-state index is 0.00178. The summed E-state index contributed by atoms with van der Waals surface area (Å²) in [5.41, 5.74) is 3.17. The predicted octanol–water partition coefficient (Wildman–Crippen LogP) is 2.44. The van der Waals surface area contributed by atoms with Gasteiger partial charge in [0.15, 0.2) is 6.61 Å². The summed E-state index contributed by atoms with van der Waals surface area (Å²) in [5.74, 6) is -0.637. The summed E-state index contributed by atoms with van der Waals surface area (Å²) in [6, 6.07) is 9.49. The van der Waals surface area contributed by atoms with Gasteiger partial charge in [-0.25, -0.2) is 0 Å². The van der Waals surface area contributed by atoms with Crippen LogP contribution < -0.4 is 0 Å². The first-order chi connectivity index (χ1) is 13.4. The molecule has 1 aromatic heterocycles. The Bertz CT molecular complexity index is 855. The highest BCUT2D eigenvalue weighted by Gasteiger charge is 2.25. The van der Waals surface area contributed by atoms with Crippen LogP contribution in [0.1, 0.15) is 26.4 Å². The van der Waals surface area contributed by atoms with Gasteiger partial charge in [0.2, 0.25) is 0 Å². The third-order valence-corrected chi connectivity index (χ3v) is 5.79. The van der Waals surface area contributed by atoms with Crippen LogP contribution in [0.2, 0.25) is 0 Å². The molecule has 0 aliphatic carbocycles. The average Bonchev–Trinajstić information content (AvgIpc) is 3.23. The monoisotopic (exact) mass is 400 g/mol. The average molecular weight is 401 g/mol. The number of carbonyl (C=O) groups excluding carboxylic acids is 3. The molecule has 1 aliphatic heterocycles. The molecule has 3 rings (SSSR count). The molecule has 0 saturated carbocycles. The molecule has 1 aliphatic rings. The predicted molar refractivity (Wildman–Crippen MR) is 107 cm³/mol. The van der Waals surface area contributed by atoms with Crippen LogP contribution in [0.3, 0.4) is 0 Å². The van der Waals surface area contributed by atoms with Gasteiger partial charge in [0.05, 0.1) is 11.3 Å². The van der Waals surface area contributed by atoms with Crippen molar-refractivity contribution in [1.29, 1.82) is 0 Å². The van der Waals surface area contributed by atoms with Gasteiger partial charge < -0.3 is 14.5 Å². The number of esters is 1. The van der Waals surface area contributed by atoms with Crippen LogP contribution in [0.15, 0.2) is 35.7 Å². The van der Waals surface area contributed by atoms with E-state index in [1.165, 1.54) is 16.9 Å². The number of carbonyl (C=O) groups is 3. The van der Waals surface area contributed by atoms with E-state index in [0.717, 1.165) is 11.1 Å².